The fourth-order valence-corrected chi connectivity index (χ4v) is 7.20. The fraction of sp³-hybridized carbons (Fsp3) is 0.421. The van der Waals surface area contributed by atoms with Crippen molar-refractivity contribution < 1.29 is 19.3 Å². The fourth-order valence-electron chi connectivity index (χ4n) is 6.35. The van der Waals surface area contributed by atoms with E-state index in [0.717, 1.165) is 56.3 Å². The third kappa shape index (κ3) is 9.65. The van der Waals surface area contributed by atoms with Gasteiger partial charge in [-0.25, -0.2) is 4.98 Å². The topological polar surface area (TPSA) is 87.5 Å². The van der Waals surface area contributed by atoms with E-state index >= 15 is 0 Å². The van der Waals surface area contributed by atoms with Gasteiger partial charge in [0.25, 0.3) is 0 Å². The SMILES string of the molecule is CC(C)CCN(CCO)C(=S)Nc1ccc(N2CCN(c3ccc(OCC4COC(Cn5ccnc5)(c5ccc(Cl)cc5Cl)O4)cc3)CC2)cc1. The summed E-state index contributed by atoms with van der Waals surface area (Å²) >= 11 is 18.4. The molecule has 1 aromatic heterocycles. The van der Waals surface area contributed by atoms with Crippen molar-refractivity contribution in [1.82, 2.24) is 14.5 Å². The van der Waals surface area contributed by atoms with Crippen LogP contribution in [0.4, 0.5) is 17.1 Å². The Labute approximate surface area is 315 Å². The Balaban J connectivity index is 0.980. The molecular weight excluding hydrogens is 707 g/mol. The number of rotatable bonds is 14. The zero-order valence-electron chi connectivity index (χ0n) is 29.1. The first-order valence-electron chi connectivity index (χ1n) is 17.4. The number of halogens is 2. The third-order valence-corrected chi connectivity index (χ3v) is 10.1. The maximum atomic E-state index is 9.49. The van der Waals surface area contributed by atoms with Crippen molar-refractivity contribution in [3.8, 4) is 5.75 Å². The van der Waals surface area contributed by atoms with E-state index in [9.17, 15) is 5.11 Å². The predicted octanol–water partition coefficient (Wildman–Crippen LogP) is 6.90. The molecule has 0 radical (unpaired) electrons. The van der Waals surface area contributed by atoms with Gasteiger partial charge in [0.05, 0.1) is 31.1 Å². The minimum Gasteiger partial charge on any atom is -0.491 e. The summed E-state index contributed by atoms with van der Waals surface area (Å²) in [6, 6.07) is 22.0. The van der Waals surface area contributed by atoms with E-state index in [4.69, 9.17) is 49.6 Å². The van der Waals surface area contributed by atoms with E-state index < -0.39 is 5.79 Å². The second kappa shape index (κ2) is 17.3. The smallest absolute Gasteiger partial charge is 0.215 e. The molecule has 3 heterocycles. The van der Waals surface area contributed by atoms with E-state index in [0.29, 0.717) is 52.9 Å². The van der Waals surface area contributed by atoms with Crippen LogP contribution < -0.4 is 19.9 Å². The van der Waals surface area contributed by atoms with Gasteiger partial charge in [-0.15, -0.1) is 0 Å². The van der Waals surface area contributed by atoms with Crippen molar-refractivity contribution in [2.45, 2.75) is 38.7 Å². The Morgan fingerprint density at radius 1 is 1.02 bits per heavy atom. The molecular formula is C38H46Cl2N6O4S. The second-order valence-electron chi connectivity index (χ2n) is 13.3. The maximum Gasteiger partial charge on any atom is 0.215 e. The zero-order chi connectivity index (χ0) is 35.8. The normalized spacial score (nSPS) is 19.1. The molecule has 0 saturated carbocycles. The molecule has 51 heavy (non-hydrogen) atoms. The molecule has 0 amide bonds. The van der Waals surface area contributed by atoms with Crippen molar-refractivity contribution >= 4 is 57.6 Å². The highest BCUT2D eigenvalue weighted by molar-refractivity contribution is 7.80. The Morgan fingerprint density at radius 2 is 1.71 bits per heavy atom. The summed E-state index contributed by atoms with van der Waals surface area (Å²) in [4.78, 5) is 11.0. The molecule has 2 atom stereocenters. The van der Waals surface area contributed by atoms with Crippen LogP contribution in [0.25, 0.3) is 0 Å². The van der Waals surface area contributed by atoms with Crippen LogP contribution in [0, 0.1) is 5.92 Å². The molecule has 2 saturated heterocycles. The highest BCUT2D eigenvalue weighted by Crippen LogP contribution is 2.40. The lowest BCUT2D eigenvalue weighted by molar-refractivity contribution is -0.189. The molecule has 0 bridgehead atoms. The second-order valence-corrected chi connectivity index (χ2v) is 14.5. The summed E-state index contributed by atoms with van der Waals surface area (Å²) in [6.07, 6.45) is 6.02. The Morgan fingerprint density at radius 3 is 2.31 bits per heavy atom. The van der Waals surface area contributed by atoms with Gasteiger partial charge in [0.15, 0.2) is 5.11 Å². The van der Waals surface area contributed by atoms with Gasteiger partial charge in [-0.2, -0.15) is 0 Å². The summed E-state index contributed by atoms with van der Waals surface area (Å²) in [5.41, 5.74) is 4.01. The highest BCUT2D eigenvalue weighted by atomic mass is 35.5. The molecule has 4 aromatic rings. The number of benzene rings is 3. The van der Waals surface area contributed by atoms with Gasteiger partial charge in [-0.3, -0.25) is 0 Å². The molecule has 272 valence electrons. The summed E-state index contributed by atoms with van der Waals surface area (Å²) in [5, 5.41) is 14.5. The van der Waals surface area contributed by atoms with Crippen LogP contribution >= 0.6 is 35.4 Å². The standard InChI is InChI=1S/C38H46Cl2N6O4S/c1-28(2)13-15-46(21-22-47)37(51)42-30-4-6-31(7-5-30)44-17-19-45(20-18-44)32-8-10-33(11-9-32)48-24-34-25-49-38(50-34,26-43-16-14-41-27-43)35-12-3-29(39)23-36(35)40/h3-12,14,16,23,27-28,34,47H,13,15,17-22,24-26H2,1-2H3,(H,42,51). The lowest BCUT2D eigenvalue weighted by Crippen LogP contribution is -2.46. The predicted molar refractivity (Wildman–Crippen MR) is 208 cm³/mol. The average Bonchev–Trinajstić information content (AvgIpc) is 3.80. The van der Waals surface area contributed by atoms with Crippen LogP contribution in [-0.2, 0) is 21.8 Å². The Bertz CT molecular complexity index is 1700. The van der Waals surface area contributed by atoms with Crippen molar-refractivity contribution in [2.75, 3.05) is 74.2 Å². The molecule has 0 aliphatic carbocycles. The number of hydrogen-bond acceptors (Lipinski definition) is 8. The van der Waals surface area contributed by atoms with Crippen molar-refractivity contribution in [1.29, 1.82) is 0 Å². The van der Waals surface area contributed by atoms with Crippen molar-refractivity contribution in [3.05, 3.63) is 101 Å². The van der Waals surface area contributed by atoms with Gasteiger partial charge < -0.3 is 43.9 Å². The van der Waals surface area contributed by atoms with Gasteiger partial charge in [0.2, 0.25) is 5.79 Å². The first-order valence-corrected chi connectivity index (χ1v) is 18.6. The third-order valence-electron chi connectivity index (χ3n) is 9.19. The number of hydrogen-bond donors (Lipinski definition) is 2. The summed E-state index contributed by atoms with van der Waals surface area (Å²) < 4.78 is 20.9. The first kappa shape index (κ1) is 37.2. The summed E-state index contributed by atoms with van der Waals surface area (Å²) in [6.45, 7) is 10.5. The van der Waals surface area contributed by atoms with Crippen LogP contribution in [0.15, 0.2) is 85.5 Å². The summed E-state index contributed by atoms with van der Waals surface area (Å²) in [7, 11) is 0. The number of nitrogens with one attached hydrogen (secondary N) is 1. The molecule has 2 aliphatic heterocycles. The molecule has 2 N–H and O–H groups in total. The van der Waals surface area contributed by atoms with Gasteiger partial charge in [-0.1, -0.05) is 43.1 Å². The van der Waals surface area contributed by atoms with Crippen LogP contribution in [0.5, 0.6) is 5.75 Å². The van der Waals surface area contributed by atoms with E-state index in [1.54, 1.807) is 24.7 Å². The Kier molecular flexibility index (Phi) is 12.6. The monoisotopic (exact) mass is 752 g/mol. The van der Waals surface area contributed by atoms with Gasteiger partial charge in [0.1, 0.15) is 18.5 Å². The maximum absolute atomic E-state index is 9.49. The van der Waals surface area contributed by atoms with E-state index in [1.165, 1.54) is 5.69 Å². The number of aromatic nitrogens is 2. The molecule has 2 fully saturated rings. The number of anilines is 3. The molecule has 0 spiro atoms. The van der Waals surface area contributed by atoms with Gasteiger partial charge >= 0.3 is 0 Å². The zero-order valence-corrected chi connectivity index (χ0v) is 31.4. The number of aliphatic hydroxyl groups excluding tert-OH is 1. The van der Waals surface area contributed by atoms with Crippen LogP contribution in [-0.4, -0.2) is 89.9 Å². The van der Waals surface area contributed by atoms with Crippen LogP contribution in [0.3, 0.4) is 0 Å². The van der Waals surface area contributed by atoms with Crippen molar-refractivity contribution in [2.24, 2.45) is 5.92 Å². The van der Waals surface area contributed by atoms with E-state index in [-0.39, 0.29) is 12.7 Å². The number of nitrogens with zero attached hydrogens (tertiary/aromatic N) is 5. The average molecular weight is 754 g/mol. The van der Waals surface area contributed by atoms with Crippen LogP contribution in [0.2, 0.25) is 10.0 Å². The van der Waals surface area contributed by atoms with Crippen molar-refractivity contribution in [3.63, 3.8) is 0 Å². The number of aliphatic hydroxyl groups is 1. The van der Waals surface area contributed by atoms with Gasteiger partial charge in [0, 0.05) is 79.3 Å². The summed E-state index contributed by atoms with van der Waals surface area (Å²) in [5.74, 6) is 0.250. The van der Waals surface area contributed by atoms with Gasteiger partial charge in [-0.05, 0) is 85.2 Å². The lowest BCUT2D eigenvalue weighted by atomic mass is 10.1. The minimum atomic E-state index is -1.09. The number of imidazole rings is 1. The molecule has 6 rings (SSSR count). The minimum absolute atomic E-state index is 0.0757. The molecule has 13 heteroatoms. The molecule has 3 aromatic carbocycles. The number of thiocarbonyl (C=S) groups is 1. The van der Waals surface area contributed by atoms with Crippen LogP contribution in [0.1, 0.15) is 25.8 Å². The lowest BCUT2D eigenvalue weighted by Gasteiger charge is -2.37. The quantitative estimate of drug-likeness (QED) is 0.133. The highest BCUT2D eigenvalue weighted by Gasteiger charge is 2.45. The molecule has 2 unspecified atom stereocenters. The van der Waals surface area contributed by atoms with E-state index in [1.807, 2.05) is 33.9 Å². The Hall–Kier alpha value is -3.58. The first-order chi connectivity index (χ1) is 24.7. The number of piperazine rings is 1. The molecule has 10 nitrogen and oxygen atoms in total. The van der Waals surface area contributed by atoms with E-state index in [2.05, 4.69) is 70.3 Å². The molecule has 2 aliphatic rings. The largest absolute Gasteiger partial charge is 0.491 e. The number of ether oxygens (including phenoxy) is 3.